The van der Waals surface area contributed by atoms with Gasteiger partial charge >= 0.3 is 11.9 Å². The summed E-state index contributed by atoms with van der Waals surface area (Å²) in [5.41, 5.74) is 54.1. The van der Waals surface area contributed by atoms with Crippen LogP contribution in [0.1, 0.15) is 31.8 Å². The number of carbonyl (C=O) groups is 2. The maximum atomic E-state index is 12.9. The molecule has 0 fully saturated rings. The SMILES string of the molecule is Cc1c(N)c(N)cc(OC(=O)c2c(N)cc(OC(=O)c3c(N)cc(N)c(N)c3C)c(N)c2N)c1N. The largest absolute Gasteiger partial charge is 0.421 e. The summed E-state index contributed by atoms with van der Waals surface area (Å²) in [7, 11) is 0. The molecular weight excluding hydrogens is 454 g/mol. The Labute approximate surface area is 200 Å². The second kappa shape index (κ2) is 8.62. The Hall–Kier alpha value is -5.20. The first-order valence-corrected chi connectivity index (χ1v) is 10.1. The zero-order valence-corrected chi connectivity index (χ0v) is 19.1. The molecule has 3 rings (SSSR count). The summed E-state index contributed by atoms with van der Waals surface area (Å²) in [4.78, 5) is 25.7. The van der Waals surface area contributed by atoms with E-state index in [2.05, 4.69) is 0 Å². The van der Waals surface area contributed by atoms with Crippen molar-refractivity contribution < 1.29 is 19.1 Å². The summed E-state index contributed by atoms with van der Waals surface area (Å²) in [6, 6.07) is 3.78. The molecule has 0 aliphatic heterocycles. The Morgan fingerprint density at radius 1 is 0.514 bits per heavy atom. The number of esters is 2. The summed E-state index contributed by atoms with van der Waals surface area (Å²) in [6.45, 7) is 3.17. The molecule has 0 heterocycles. The lowest BCUT2D eigenvalue weighted by atomic mass is 10.0. The topological polar surface area (TPSA) is 287 Å². The van der Waals surface area contributed by atoms with Gasteiger partial charge in [-0.1, -0.05) is 0 Å². The van der Waals surface area contributed by atoms with E-state index < -0.39 is 11.9 Å². The van der Waals surface area contributed by atoms with Gasteiger partial charge in [-0.3, -0.25) is 0 Å². The van der Waals surface area contributed by atoms with E-state index in [9.17, 15) is 9.59 Å². The predicted octanol–water partition coefficient (Wildman–Crippen LogP) is 0.982. The number of ether oxygens (including phenoxy) is 2. The third kappa shape index (κ3) is 4.13. The lowest BCUT2D eigenvalue weighted by Crippen LogP contribution is -2.19. The van der Waals surface area contributed by atoms with Crippen LogP contribution in [0.15, 0.2) is 18.2 Å². The van der Waals surface area contributed by atoms with Gasteiger partial charge in [-0.05, 0) is 25.5 Å². The zero-order valence-electron chi connectivity index (χ0n) is 19.1. The summed E-state index contributed by atoms with van der Waals surface area (Å²) in [5.74, 6) is -2.10. The highest BCUT2D eigenvalue weighted by molar-refractivity contribution is 6.07. The normalized spacial score (nSPS) is 10.7. The Morgan fingerprint density at radius 2 is 0.943 bits per heavy atom. The van der Waals surface area contributed by atoms with Crippen LogP contribution in [0.2, 0.25) is 0 Å². The van der Waals surface area contributed by atoms with E-state index in [1.165, 1.54) is 12.1 Å². The van der Waals surface area contributed by atoms with Gasteiger partial charge in [0, 0.05) is 23.4 Å². The van der Waals surface area contributed by atoms with Crippen molar-refractivity contribution in [3.8, 4) is 11.5 Å². The highest BCUT2D eigenvalue weighted by Crippen LogP contribution is 2.39. The molecule has 0 radical (unpaired) electrons. The molecule has 0 amide bonds. The first-order chi connectivity index (χ1) is 16.3. The van der Waals surface area contributed by atoms with Gasteiger partial charge in [0.25, 0.3) is 0 Å². The summed E-state index contributed by atoms with van der Waals surface area (Å²) in [6.07, 6.45) is 0. The van der Waals surface area contributed by atoms with Crippen molar-refractivity contribution in [3.63, 3.8) is 0 Å². The quantitative estimate of drug-likeness (QED) is 0.143. The molecule has 0 bridgehead atoms. The predicted molar refractivity (Wildman–Crippen MR) is 138 cm³/mol. The first kappa shape index (κ1) is 24.4. The van der Waals surface area contributed by atoms with Crippen LogP contribution in [0.5, 0.6) is 11.5 Å². The van der Waals surface area contributed by atoms with Crippen LogP contribution in [0.25, 0.3) is 0 Å². The highest BCUT2D eigenvalue weighted by atomic mass is 16.5. The standard InChI is InChI=1S/C22H27N9O4/c1-6-14(8(23)3-10(25)16(6)27)21(32)35-13-4-9(24)15(20(31)19(13)30)22(33)34-12-5-11(26)17(28)7(2)18(12)29/h3-5H,23-31H2,1-2H3. The molecule has 0 aliphatic rings. The average Bonchev–Trinajstić information content (AvgIpc) is 2.78. The molecule has 3 aromatic carbocycles. The number of hydrogen-bond donors (Lipinski definition) is 9. The van der Waals surface area contributed by atoms with Gasteiger partial charge in [-0.15, -0.1) is 0 Å². The van der Waals surface area contributed by atoms with Gasteiger partial charge in [0.2, 0.25) is 0 Å². The first-order valence-electron chi connectivity index (χ1n) is 10.1. The third-order valence-electron chi connectivity index (χ3n) is 5.57. The molecule has 13 nitrogen and oxygen atoms in total. The minimum Gasteiger partial charge on any atom is -0.421 e. The van der Waals surface area contributed by atoms with E-state index in [1.54, 1.807) is 13.8 Å². The summed E-state index contributed by atoms with van der Waals surface area (Å²) < 4.78 is 10.7. The second-order valence-corrected chi connectivity index (χ2v) is 7.83. The Bertz CT molecular complexity index is 1400. The minimum atomic E-state index is -0.966. The number of hydrogen-bond acceptors (Lipinski definition) is 13. The summed E-state index contributed by atoms with van der Waals surface area (Å²) >= 11 is 0. The smallest absolute Gasteiger partial charge is 0.347 e. The molecule has 35 heavy (non-hydrogen) atoms. The van der Waals surface area contributed by atoms with E-state index in [4.69, 9.17) is 61.1 Å². The minimum absolute atomic E-state index is 0.0106. The summed E-state index contributed by atoms with van der Waals surface area (Å²) in [5, 5.41) is 0. The van der Waals surface area contributed by atoms with Crippen molar-refractivity contribution in [1.29, 1.82) is 0 Å². The fraction of sp³-hybridized carbons (Fsp3) is 0.0909. The number of benzene rings is 3. The second-order valence-electron chi connectivity index (χ2n) is 7.83. The van der Waals surface area contributed by atoms with Crippen LogP contribution in [0.4, 0.5) is 51.2 Å². The lowest BCUT2D eigenvalue weighted by Gasteiger charge is -2.17. The zero-order chi connectivity index (χ0) is 26.4. The average molecular weight is 482 g/mol. The van der Waals surface area contributed by atoms with Crippen LogP contribution in [0.3, 0.4) is 0 Å². The molecular formula is C22H27N9O4. The van der Waals surface area contributed by atoms with Gasteiger partial charge in [-0.25, -0.2) is 9.59 Å². The van der Waals surface area contributed by atoms with Crippen LogP contribution in [0, 0.1) is 13.8 Å². The van der Waals surface area contributed by atoms with Crippen LogP contribution < -0.4 is 61.1 Å². The number of rotatable bonds is 4. The molecule has 0 atom stereocenters. The number of carbonyl (C=O) groups excluding carboxylic acids is 2. The Kier molecular flexibility index (Phi) is 6.02. The van der Waals surface area contributed by atoms with Gasteiger partial charge in [0.05, 0.1) is 51.1 Å². The van der Waals surface area contributed by atoms with Crippen molar-refractivity contribution >= 4 is 63.1 Å². The molecule has 0 spiro atoms. The molecule has 184 valence electrons. The molecule has 0 aromatic heterocycles. The van der Waals surface area contributed by atoms with Gasteiger partial charge in [-0.2, -0.15) is 0 Å². The van der Waals surface area contributed by atoms with Crippen molar-refractivity contribution in [3.05, 3.63) is 40.5 Å². The van der Waals surface area contributed by atoms with Crippen LogP contribution in [-0.2, 0) is 0 Å². The van der Waals surface area contributed by atoms with Gasteiger partial charge in [0.1, 0.15) is 5.56 Å². The van der Waals surface area contributed by atoms with Crippen molar-refractivity contribution in [2.75, 3.05) is 51.6 Å². The van der Waals surface area contributed by atoms with E-state index in [0.29, 0.717) is 11.1 Å². The number of nitrogen functional groups attached to an aromatic ring is 9. The van der Waals surface area contributed by atoms with Crippen molar-refractivity contribution in [2.24, 2.45) is 0 Å². The molecule has 0 saturated heterocycles. The molecule has 13 heteroatoms. The fourth-order valence-electron chi connectivity index (χ4n) is 3.41. The van der Waals surface area contributed by atoms with Gasteiger partial charge < -0.3 is 61.1 Å². The maximum absolute atomic E-state index is 12.9. The molecule has 3 aromatic rings. The van der Waals surface area contributed by atoms with Crippen LogP contribution >= 0.6 is 0 Å². The number of nitrogens with two attached hydrogens (primary N) is 9. The van der Waals surface area contributed by atoms with E-state index in [1.807, 2.05) is 0 Å². The van der Waals surface area contributed by atoms with Crippen molar-refractivity contribution in [2.45, 2.75) is 13.8 Å². The van der Waals surface area contributed by atoms with Crippen LogP contribution in [-0.4, -0.2) is 11.9 Å². The van der Waals surface area contributed by atoms with Crippen molar-refractivity contribution in [1.82, 2.24) is 0 Å². The molecule has 0 aliphatic carbocycles. The molecule has 0 saturated carbocycles. The molecule has 18 N–H and O–H groups in total. The Balaban J connectivity index is 1.96. The molecule has 0 unspecified atom stereocenters. The van der Waals surface area contributed by atoms with E-state index in [-0.39, 0.29) is 73.8 Å². The van der Waals surface area contributed by atoms with Gasteiger partial charge in [0.15, 0.2) is 11.5 Å². The third-order valence-corrected chi connectivity index (χ3v) is 5.57. The Morgan fingerprint density at radius 3 is 1.54 bits per heavy atom. The van der Waals surface area contributed by atoms with E-state index >= 15 is 0 Å². The number of anilines is 9. The monoisotopic (exact) mass is 481 g/mol. The lowest BCUT2D eigenvalue weighted by molar-refractivity contribution is 0.0731. The van der Waals surface area contributed by atoms with E-state index in [0.717, 1.165) is 6.07 Å². The highest BCUT2D eigenvalue weighted by Gasteiger charge is 2.26. The fourth-order valence-corrected chi connectivity index (χ4v) is 3.41. The maximum Gasteiger partial charge on any atom is 0.347 e.